The summed E-state index contributed by atoms with van der Waals surface area (Å²) >= 11 is 0. The molecule has 84 valence electrons. The van der Waals surface area contributed by atoms with Crippen LogP contribution in [0.4, 0.5) is 0 Å². The van der Waals surface area contributed by atoms with Crippen molar-refractivity contribution in [3.8, 4) is 0 Å². The third-order valence-corrected chi connectivity index (χ3v) is 1.85. The van der Waals surface area contributed by atoms with Crippen LogP contribution in [-0.4, -0.2) is 38.6 Å². The van der Waals surface area contributed by atoms with Crippen molar-refractivity contribution in [2.24, 2.45) is 0 Å². The third-order valence-electron chi connectivity index (χ3n) is 1.85. The molecule has 0 aliphatic carbocycles. The van der Waals surface area contributed by atoms with Gasteiger partial charge in [-0.2, -0.15) is 0 Å². The molecule has 14 heavy (non-hydrogen) atoms. The molecule has 0 spiro atoms. The maximum atomic E-state index is 10.8. The normalized spacial score (nSPS) is 10.1. The fourth-order valence-electron chi connectivity index (χ4n) is 1.02. The molecule has 0 aliphatic heterocycles. The van der Waals surface area contributed by atoms with E-state index >= 15 is 0 Å². The molecule has 0 bridgehead atoms. The smallest absolute Gasteiger partial charge is 0.219 e. The summed E-state index contributed by atoms with van der Waals surface area (Å²) < 4.78 is 0. The Morgan fingerprint density at radius 2 is 1.50 bits per heavy atom. The van der Waals surface area contributed by atoms with Gasteiger partial charge < -0.3 is 16.0 Å². The van der Waals surface area contributed by atoms with Crippen molar-refractivity contribution < 1.29 is 4.79 Å². The highest BCUT2D eigenvalue weighted by molar-refractivity contribution is 5.75. The van der Waals surface area contributed by atoms with Crippen molar-refractivity contribution >= 4 is 5.91 Å². The molecule has 0 aromatic heterocycles. The second-order valence-corrected chi connectivity index (χ2v) is 3.20. The average molecular weight is 201 g/mol. The first-order valence-electron chi connectivity index (χ1n) is 5.49. The van der Waals surface area contributed by atoms with Gasteiger partial charge in [0.25, 0.3) is 0 Å². The number of carbonyl (C=O) groups excluding carboxylic acids is 1. The van der Waals surface area contributed by atoms with E-state index in [0.717, 1.165) is 32.7 Å². The van der Waals surface area contributed by atoms with Crippen molar-refractivity contribution in [2.75, 3.05) is 32.7 Å². The molecule has 0 aromatic carbocycles. The minimum atomic E-state index is 0.121. The lowest BCUT2D eigenvalue weighted by Gasteiger charge is -2.06. The zero-order valence-corrected chi connectivity index (χ0v) is 9.36. The van der Waals surface area contributed by atoms with Crippen LogP contribution < -0.4 is 16.0 Å². The maximum Gasteiger partial charge on any atom is 0.219 e. The highest BCUT2D eigenvalue weighted by Gasteiger charge is 1.93. The van der Waals surface area contributed by atoms with Gasteiger partial charge in [0, 0.05) is 32.6 Å². The van der Waals surface area contributed by atoms with E-state index in [1.54, 1.807) is 0 Å². The van der Waals surface area contributed by atoms with E-state index < -0.39 is 0 Å². The highest BCUT2D eigenvalue weighted by atomic mass is 16.1. The number of amides is 1. The zero-order valence-electron chi connectivity index (χ0n) is 9.36. The van der Waals surface area contributed by atoms with E-state index in [2.05, 4.69) is 22.9 Å². The fourth-order valence-corrected chi connectivity index (χ4v) is 1.02. The molecule has 0 unspecified atom stereocenters. The lowest BCUT2D eigenvalue weighted by atomic mass is 10.4. The molecule has 0 rings (SSSR count). The van der Waals surface area contributed by atoms with E-state index in [4.69, 9.17) is 0 Å². The third kappa shape index (κ3) is 9.48. The second kappa shape index (κ2) is 10.5. The first-order chi connectivity index (χ1) is 6.81. The summed E-state index contributed by atoms with van der Waals surface area (Å²) in [7, 11) is 0. The SMILES string of the molecule is CCCNCCNCCNC(=O)CC. The van der Waals surface area contributed by atoms with Crippen LogP contribution in [0.1, 0.15) is 26.7 Å². The minimum Gasteiger partial charge on any atom is -0.355 e. The summed E-state index contributed by atoms with van der Waals surface area (Å²) in [5.74, 6) is 0.121. The highest BCUT2D eigenvalue weighted by Crippen LogP contribution is 1.72. The lowest BCUT2D eigenvalue weighted by Crippen LogP contribution is -2.34. The Bertz CT molecular complexity index is 139. The first-order valence-corrected chi connectivity index (χ1v) is 5.49. The van der Waals surface area contributed by atoms with Crippen molar-refractivity contribution in [3.63, 3.8) is 0 Å². The zero-order chi connectivity index (χ0) is 10.6. The Labute approximate surface area is 86.8 Å². The van der Waals surface area contributed by atoms with Crippen molar-refractivity contribution in [1.29, 1.82) is 0 Å². The van der Waals surface area contributed by atoms with Crippen molar-refractivity contribution in [1.82, 2.24) is 16.0 Å². The van der Waals surface area contributed by atoms with Crippen molar-refractivity contribution in [3.05, 3.63) is 0 Å². The minimum absolute atomic E-state index is 0.121. The van der Waals surface area contributed by atoms with Gasteiger partial charge >= 0.3 is 0 Å². The molecular formula is C10H23N3O. The van der Waals surface area contributed by atoms with Gasteiger partial charge in [0.1, 0.15) is 0 Å². The molecule has 0 fully saturated rings. The predicted molar refractivity (Wildman–Crippen MR) is 59.3 cm³/mol. The average Bonchev–Trinajstić information content (AvgIpc) is 2.21. The quantitative estimate of drug-likeness (QED) is 0.464. The summed E-state index contributed by atoms with van der Waals surface area (Å²) in [5, 5.41) is 9.36. The molecule has 0 heterocycles. The summed E-state index contributed by atoms with van der Waals surface area (Å²) in [6.07, 6.45) is 1.74. The molecule has 0 radical (unpaired) electrons. The molecule has 4 heteroatoms. The van der Waals surface area contributed by atoms with E-state index in [-0.39, 0.29) is 5.91 Å². The molecular weight excluding hydrogens is 178 g/mol. The van der Waals surface area contributed by atoms with Gasteiger partial charge in [-0.25, -0.2) is 0 Å². The van der Waals surface area contributed by atoms with Crippen LogP contribution in [0.15, 0.2) is 0 Å². The molecule has 0 saturated carbocycles. The van der Waals surface area contributed by atoms with E-state index in [1.807, 2.05) is 6.92 Å². The number of hydrogen-bond donors (Lipinski definition) is 3. The van der Waals surface area contributed by atoms with Gasteiger partial charge in [-0.3, -0.25) is 4.79 Å². The standard InChI is InChI=1S/C10H23N3O/c1-3-5-11-6-7-12-8-9-13-10(14)4-2/h11-12H,3-9H2,1-2H3,(H,13,14). The number of hydrogen-bond acceptors (Lipinski definition) is 3. The molecule has 4 nitrogen and oxygen atoms in total. The van der Waals surface area contributed by atoms with Crippen molar-refractivity contribution in [2.45, 2.75) is 26.7 Å². The van der Waals surface area contributed by atoms with Gasteiger partial charge in [-0.1, -0.05) is 13.8 Å². The molecule has 0 atom stereocenters. The van der Waals surface area contributed by atoms with E-state index in [1.165, 1.54) is 6.42 Å². The summed E-state index contributed by atoms with van der Waals surface area (Å²) in [5.41, 5.74) is 0. The van der Waals surface area contributed by atoms with E-state index in [0.29, 0.717) is 6.42 Å². The largest absolute Gasteiger partial charge is 0.355 e. The van der Waals surface area contributed by atoms with Crippen LogP contribution in [0, 0.1) is 0 Å². The number of nitrogens with one attached hydrogen (secondary N) is 3. The van der Waals surface area contributed by atoms with Gasteiger partial charge in [-0.05, 0) is 13.0 Å². The Kier molecular flexibility index (Phi) is 10.0. The van der Waals surface area contributed by atoms with Crippen LogP contribution in [0.25, 0.3) is 0 Å². The first kappa shape index (κ1) is 13.4. The van der Waals surface area contributed by atoms with Crippen LogP contribution in [-0.2, 0) is 4.79 Å². The number of rotatable bonds is 9. The lowest BCUT2D eigenvalue weighted by molar-refractivity contribution is -0.120. The summed E-state index contributed by atoms with van der Waals surface area (Å²) in [4.78, 5) is 10.8. The van der Waals surface area contributed by atoms with Crippen LogP contribution in [0.2, 0.25) is 0 Å². The Morgan fingerprint density at radius 1 is 0.929 bits per heavy atom. The van der Waals surface area contributed by atoms with E-state index in [9.17, 15) is 4.79 Å². The second-order valence-electron chi connectivity index (χ2n) is 3.20. The summed E-state index contributed by atoms with van der Waals surface area (Å²) in [6, 6.07) is 0. The van der Waals surface area contributed by atoms with Gasteiger partial charge in [-0.15, -0.1) is 0 Å². The summed E-state index contributed by atoms with van der Waals surface area (Å²) in [6.45, 7) is 8.62. The van der Waals surface area contributed by atoms with Gasteiger partial charge in [0.15, 0.2) is 0 Å². The molecule has 0 aromatic rings. The molecule has 0 saturated heterocycles. The number of carbonyl (C=O) groups is 1. The van der Waals surface area contributed by atoms with Crippen LogP contribution in [0.3, 0.4) is 0 Å². The van der Waals surface area contributed by atoms with Gasteiger partial charge in [0.05, 0.1) is 0 Å². The maximum absolute atomic E-state index is 10.8. The molecule has 3 N–H and O–H groups in total. The fraction of sp³-hybridized carbons (Fsp3) is 0.900. The Hall–Kier alpha value is -0.610. The molecule has 1 amide bonds. The predicted octanol–water partition coefficient (Wildman–Crippen LogP) is 0.102. The Morgan fingerprint density at radius 3 is 2.07 bits per heavy atom. The Balaban J connectivity index is 2.95. The monoisotopic (exact) mass is 201 g/mol. The molecule has 0 aliphatic rings. The van der Waals surface area contributed by atoms with Crippen LogP contribution in [0.5, 0.6) is 0 Å². The topological polar surface area (TPSA) is 53.2 Å². The van der Waals surface area contributed by atoms with Gasteiger partial charge in [0.2, 0.25) is 5.91 Å². The van der Waals surface area contributed by atoms with Crippen LogP contribution >= 0.6 is 0 Å².